The van der Waals surface area contributed by atoms with Crippen molar-refractivity contribution in [1.82, 2.24) is 0 Å². The third kappa shape index (κ3) is 5.87. The number of ether oxygens (including phenoxy) is 2. The Hall–Kier alpha value is -2.73. The molecule has 0 saturated carbocycles. The lowest BCUT2D eigenvalue weighted by Gasteiger charge is -2.14. The molecule has 0 bridgehead atoms. The van der Waals surface area contributed by atoms with Gasteiger partial charge in [-0.2, -0.15) is 0 Å². The quantitative estimate of drug-likeness (QED) is 0.384. The van der Waals surface area contributed by atoms with Gasteiger partial charge in [0.2, 0.25) is 11.6 Å². The number of methoxy groups -OCH3 is 2. The van der Waals surface area contributed by atoms with Gasteiger partial charge in [-0.05, 0) is 46.3 Å². The minimum Gasteiger partial charge on any atom is -0.492 e. The van der Waals surface area contributed by atoms with Crippen molar-refractivity contribution in [2.75, 3.05) is 20.1 Å². The lowest BCUT2D eigenvalue weighted by atomic mass is 9.93. The van der Waals surface area contributed by atoms with E-state index in [0.717, 1.165) is 5.57 Å². The number of carbonyl (C=O) groups excluding carboxylic acids is 4. The van der Waals surface area contributed by atoms with Gasteiger partial charge in [-0.1, -0.05) is 11.6 Å². The number of halogens is 1. The zero-order valence-electron chi connectivity index (χ0n) is 17.5. The summed E-state index contributed by atoms with van der Waals surface area (Å²) < 4.78 is 9.80. The summed E-state index contributed by atoms with van der Waals surface area (Å²) in [7, 11) is 2.77. The van der Waals surface area contributed by atoms with Crippen LogP contribution in [0.3, 0.4) is 0 Å². The molecule has 0 amide bonds. The molecule has 0 atom stereocenters. The summed E-state index contributed by atoms with van der Waals surface area (Å²) in [5, 5.41) is 0. The highest BCUT2D eigenvalue weighted by molar-refractivity contribution is 6.29. The lowest BCUT2D eigenvalue weighted by Crippen LogP contribution is -2.19. The Kier molecular flexibility index (Phi) is 8.98. The summed E-state index contributed by atoms with van der Waals surface area (Å²) in [6.07, 6.45) is 5.06. The van der Waals surface area contributed by atoms with Crippen molar-refractivity contribution < 1.29 is 28.7 Å². The van der Waals surface area contributed by atoms with E-state index in [1.54, 1.807) is 13.8 Å². The molecule has 2 aliphatic rings. The van der Waals surface area contributed by atoms with Crippen molar-refractivity contribution >= 4 is 34.7 Å². The molecule has 29 heavy (non-hydrogen) atoms. The number of Topliss-reactive ketones (excluding diaryl/α,β-unsaturated/α-hetero) is 2. The van der Waals surface area contributed by atoms with Crippen LogP contribution in [-0.4, -0.2) is 43.2 Å². The van der Waals surface area contributed by atoms with Gasteiger partial charge in [0.05, 0.1) is 20.1 Å². The maximum atomic E-state index is 11.9. The first-order valence-corrected chi connectivity index (χ1v) is 9.40. The van der Waals surface area contributed by atoms with Gasteiger partial charge in [-0.15, -0.1) is 11.6 Å². The van der Waals surface area contributed by atoms with E-state index in [1.165, 1.54) is 26.4 Å². The molecule has 0 aromatic heterocycles. The van der Waals surface area contributed by atoms with Crippen molar-refractivity contribution in [3.63, 3.8) is 0 Å². The smallest absolute Gasteiger partial charge is 0.225 e. The van der Waals surface area contributed by atoms with E-state index in [0.29, 0.717) is 23.1 Å². The third-order valence-electron chi connectivity index (χ3n) is 4.31. The predicted octanol–water partition coefficient (Wildman–Crippen LogP) is 3.57. The molecular formula is C22H25ClO6. The maximum Gasteiger partial charge on any atom is 0.225 e. The predicted molar refractivity (Wildman–Crippen MR) is 110 cm³/mol. The normalized spacial score (nSPS) is 16.8. The largest absolute Gasteiger partial charge is 0.492 e. The molecule has 2 rings (SSSR count). The number of rotatable bonds is 5. The lowest BCUT2D eigenvalue weighted by molar-refractivity contribution is -0.118. The Morgan fingerprint density at radius 2 is 1.28 bits per heavy atom. The second-order valence-electron chi connectivity index (χ2n) is 6.66. The molecule has 0 aliphatic heterocycles. The van der Waals surface area contributed by atoms with Crippen LogP contribution in [-0.2, 0) is 28.7 Å². The van der Waals surface area contributed by atoms with E-state index < -0.39 is 0 Å². The summed E-state index contributed by atoms with van der Waals surface area (Å²) in [6.45, 7) is 7.07. The highest BCUT2D eigenvalue weighted by Gasteiger charge is 2.27. The number of hydrogen-bond donors (Lipinski definition) is 0. The van der Waals surface area contributed by atoms with Gasteiger partial charge in [0, 0.05) is 22.3 Å². The van der Waals surface area contributed by atoms with Crippen molar-refractivity contribution in [3.05, 3.63) is 57.6 Å². The van der Waals surface area contributed by atoms with Gasteiger partial charge in [0.15, 0.2) is 23.1 Å². The number of alkyl halides is 1. The third-order valence-corrected chi connectivity index (χ3v) is 4.60. The first-order valence-electron chi connectivity index (χ1n) is 8.87. The van der Waals surface area contributed by atoms with Crippen molar-refractivity contribution in [1.29, 1.82) is 0 Å². The van der Waals surface area contributed by atoms with Crippen molar-refractivity contribution in [2.24, 2.45) is 0 Å². The first-order chi connectivity index (χ1) is 13.6. The molecular weight excluding hydrogens is 396 g/mol. The molecule has 0 radical (unpaired) electrons. The number of hydrogen-bond acceptors (Lipinski definition) is 6. The molecule has 7 heteroatoms. The average Bonchev–Trinajstić information content (AvgIpc) is 2.68. The van der Waals surface area contributed by atoms with E-state index in [9.17, 15) is 19.2 Å². The molecule has 0 saturated heterocycles. The zero-order valence-corrected chi connectivity index (χ0v) is 18.2. The minimum absolute atomic E-state index is 0.0325. The van der Waals surface area contributed by atoms with Crippen LogP contribution in [0.2, 0.25) is 0 Å². The molecule has 0 spiro atoms. The fraction of sp³-hybridized carbons (Fsp3) is 0.364. The van der Waals surface area contributed by atoms with E-state index >= 15 is 0 Å². The second-order valence-corrected chi connectivity index (χ2v) is 6.93. The minimum atomic E-state index is -0.297. The second kappa shape index (κ2) is 10.7. The fourth-order valence-electron chi connectivity index (χ4n) is 2.58. The summed E-state index contributed by atoms with van der Waals surface area (Å²) in [4.78, 5) is 46.2. The Morgan fingerprint density at radius 3 is 1.66 bits per heavy atom. The SMILES string of the molecule is COC1=C(C)C(=O)C=C(CC=C(C)C)C1=O.COC1=C(C)C(=O)C=C(CCl)C1=O. The molecule has 0 aromatic carbocycles. The first kappa shape index (κ1) is 24.3. The van der Waals surface area contributed by atoms with Gasteiger partial charge in [0.1, 0.15) is 0 Å². The standard InChI is InChI=1S/C13H16O3.C9H9ClO3/c1-8(2)5-6-10-7-11(14)9(3)13(16-4)12(10)15;1-5-7(11)3-6(4-10)8(12)9(5)13-2/h5,7H,6H2,1-4H3;3H,4H2,1-2H3. The van der Waals surface area contributed by atoms with Crippen LogP contribution in [0.5, 0.6) is 0 Å². The van der Waals surface area contributed by atoms with Crippen molar-refractivity contribution in [2.45, 2.75) is 34.1 Å². The molecule has 2 aliphatic carbocycles. The van der Waals surface area contributed by atoms with Crippen LogP contribution in [0.25, 0.3) is 0 Å². The van der Waals surface area contributed by atoms with Gasteiger partial charge in [-0.3, -0.25) is 19.2 Å². The van der Waals surface area contributed by atoms with Crippen molar-refractivity contribution in [3.8, 4) is 0 Å². The maximum absolute atomic E-state index is 11.9. The highest BCUT2D eigenvalue weighted by Crippen LogP contribution is 2.22. The van der Waals surface area contributed by atoms with E-state index in [1.807, 2.05) is 19.9 Å². The molecule has 0 unspecified atom stereocenters. The zero-order chi connectivity index (χ0) is 22.3. The molecule has 0 N–H and O–H groups in total. The topological polar surface area (TPSA) is 86.7 Å². The van der Waals surface area contributed by atoms with Crippen LogP contribution in [0.4, 0.5) is 0 Å². The fourth-order valence-corrected chi connectivity index (χ4v) is 2.78. The molecule has 0 aromatic rings. The Morgan fingerprint density at radius 1 is 0.862 bits per heavy atom. The van der Waals surface area contributed by atoms with E-state index in [-0.39, 0.29) is 46.1 Å². The molecule has 6 nitrogen and oxygen atoms in total. The van der Waals surface area contributed by atoms with Gasteiger partial charge in [0.25, 0.3) is 0 Å². The van der Waals surface area contributed by atoms with E-state index in [4.69, 9.17) is 21.1 Å². The Bertz CT molecular complexity index is 892. The number of carbonyl (C=O) groups is 4. The van der Waals surface area contributed by atoms with Crippen LogP contribution in [0, 0.1) is 0 Å². The molecule has 156 valence electrons. The Balaban J connectivity index is 0.000000296. The van der Waals surface area contributed by atoms with Gasteiger partial charge < -0.3 is 9.47 Å². The monoisotopic (exact) mass is 420 g/mol. The van der Waals surface area contributed by atoms with Crippen LogP contribution < -0.4 is 0 Å². The summed E-state index contributed by atoms with van der Waals surface area (Å²) in [5.41, 5.74) is 2.61. The molecule has 0 heterocycles. The van der Waals surface area contributed by atoms with E-state index in [2.05, 4.69) is 0 Å². The van der Waals surface area contributed by atoms with Gasteiger partial charge in [-0.25, -0.2) is 0 Å². The number of allylic oxidation sites excluding steroid dienone is 8. The summed E-state index contributed by atoms with van der Waals surface area (Å²) in [5.74, 6) is -0.537. The molecule has 0 fully saturated rings. The van der Waals surface area contributed by atoms with Gasteiger partial charge >= 0.3 is 0 Å². The summed E-state index contributed by atoms with van der Waals surface area (Å²) in [6, 6.07) is 0. The average molecular weight is 421 g/mol. The number of ketones is 4. The van der Waals surface area contributed by atoms with Crippen LogP contribution in [0.15, 0.2) is 57.6 Å². The van der Waals surface area contributed by atoms with Crippen LogP contribution in [0.1, 0.15) is 34.1 Å². The summed E-state index contributed by atoms with van der Waals surface area (Å²) >= 11 is 5.49. The highest BCUT2D eigenvalue weighted by atomic mass is 35.5. The Labute approximate surface area is 175 Å². The van der Waals surface area contributed by atoms with Crippen LogP contribution >= 0.6 is 11.6 Å².